The van der Waals surface area contributed by atoms with Crippen molar-refractivity contribution < 1.29 is 9.90 Å². The van der Waals surface area contributed by atoms with Crippen molar-refractivity contribution in [2.75, 3.05) is 0 Å². The van der Waals surface area contributed by atoms with Gasteiger partial charge in [-0.2, -0.15) is 0 Å². The number of rotatable bonds is 2. The number of carbonyl (C=O) groups is 1. The summed E-state index contributed by atoms with van der Waals surface area (Å²) < 4.78 is 0. The van der Waals surface area contributed by atoms with E-state index in [0.29, 0.717) is 0 Å². The molecule has 1 heterocycles. The molecule has 1 saturated carbocycles. The lowest BCUT2D eigenvalue weighted by Crippen LogP contribution is -1.98. The third-order valence-electron chi connectivity index (χ3n) is 2.24. The maximum Gasteiger partial charge on any atom is 0.307 e. The number of aliphatic carboxylic acids is 1. The van der Waals surface area contributed by atoms with E-state index in [0.717, 1.165) is 12.0 Å². The standard InChI is InChI=1S/C9H9NO2/c11-9(12)8-5-7(8)6-1-3-10-4-2-6/h1-4,7-8H,5H2,(H,11,12)/t7-,8+/m0/s1. The zero-order valence-electron chi connectivity index (χ0n) is 6.47. The fraction of sp³-hybridized carbons (Fsp3) is 0.333. The van der Waals surface area contributed by atoms with E-state index in [1.54, 1.807) is 12.4 Å². The molecule has 3 heteroatoms. The van der Waals surface area contributed by atoms with E-state index in [1.165, 1.54) is 0 Å². The van der Waals surface area contributed by atoms with Crippen LogP contribution in [0.1, 0.15) is 17.9 Å². The van der Waals surface area contributed by atoms with E-state index >= 15 is 0 Å². The average Bonchev–Trinajstić information content (AvgIpc) is 2.84. The molecule has 2 atom stereocenters. The van der Waals surface area contributed by atoms with Crippen molar-refractivity contribution >= 4 is 5.97 Å². The molecule has 1 aliphatic rings. The number of pyridine rings is 1. The van der Waals surface area contributed by atoms with Crippen LogP contribution in [0.4, 0.5) is 0 Å². The highest BCUT2D eigenvalue weighted by Gasteiger charge is 2.43. The Hall–Kier alpha value is -1.38. The van der Waals surface area contributed by atoms with Gasteiger partial charge in [0.25, 0.3) is 0 Å². The van der Waals surface area contributed by atoms with Gasteiger partial charge in [0.2, 0.25) is 0 Å². The van der Waals surface area contributed by atoms with Crippen LogP contribution in [-0.2, 0) is 4.79 Å². The Labute approximate surface area is 70.1 Å². The van der Waals surface area contributed by atoms with E-state index in [2.05, 4.69) is 4.98 Å². The van der Waals surface area contributed by atoms with Gasteiger partial charge in [0, 0.05) is 12.4 Å². The Morgan fingerprint density at radius 1 is 1.50 bits per heavy atom. The highest BCUT2D eigenvalue weighted by Crippen LogP contribution is 2.47. The molecule has 0 amide bonds. The Kier molecular flexibility index (Phi) is 1.57. The lowest BCUT2D eigenvalue weighted by molar-refractivity contribution is -0.138. The minimum atomic E-state index is -0.684. The monoisotopic (exact) mass is 163 g/mol. The van der Waals surface area contributed by atoms with Crippen molar-refractivity contribution in [1.82, 2.24) is 4.98 Å². The Morgan fingerprint density at radius 3 is 2.67 bits per heavy atom. The van der Waals surface area contributed by atoms with Gasteiger partial charge in [0.15, 0.2) is 0 Å². The number of carboxylic acids is 1. The normalized spacial score (nSPS) is 26.7. The number of carboxylic acid groups (broad SMARTS) is 1. The molecule has 0 aliphatic heterocycles. The molecular weight excluding hydrogens is 154 g/mol. The molecule has 0 radical (unpaired) electrons. The van der Waals surface area contributed by atoms with Gasteiger partial charge in [-0.25, -0.2) is 0 Å². The van der Waals surface area contributed by atoms with Crippen LogP contribution in [0.25, 0.3) is 0 Å². The van der Waals surface area contributed by atoms with Gasteiger partial charge in [-0.3, -0.25) is 9.78 Å². The van der Waals surface area contributed by atoms with Crippen molar-refractivity contribution in [2.24, 2.45) is 5.92 Å². The van der Waals surface area contributed by atoms with Crippen molar-refractivity contribution in [2.45, 2.75) is 12.3 Å². The van der Waals surface area contributed by atoms with Crippen LogP contribution < -0.4 is 0 Å². The first-order valence-corrected chi connectivity index (χ1v) is 3.92. The second-order valence-electron chi connectivity index (χ2n) is 3.07. The molecule has 0 spiro atoms. The second kappa shape index (κ2) is 2.59. The van der Waals surface area contributed by atoms with Crippen LogP contribution in [0.2, 0.25) is 0 Å². The zero-order chi connectivity index (χ0) is 8.55. The summed E-state index contributed by atoms with van der Waals surface area (Å²) in [5.41, 5.74) is 1.09. The summed E-state index contributed by atoms with van der Waals surface area (Å²) in [6.45, 7) is 0. The van der Waals surface area contributed by atoms with E-state index in [1.807, 2.05) is 12.1 Å². The van der Waals surface area contributed by atoms with E-state index in [4.69, 9.17) is 5.11 Å². The number of nitrogens with zero attached hydrogens (tertiary/aromatic N) is 1. The van der Waals surface area contributed by atoms with Crippen LogP contribution in [0.15, 0.2) is 24.5 Å². The highest BCUT2D eigenvalue weighted by atomic mass is 16.4. The quantitative estimate of drug-likeness (QED) is 0.714. The van der Waals surface area contributed by atoms with Gasteiger partial charge >= 0.3 is 5.97 Å². The summed E-state index contributed by atoms with van der Waals surface area (Å²) in [5.74, 6) is -0.616. The molecule has 62 valence electrons. The molecule has 1 N–H and O–H groups in total. The molecule has 0 unspecified atom stereocenters. The van der Waals surface area contributed by atoms with Gasteiger partial charge in [-0.1, -0.05) is 0 Å². The Bertz CT molecular complexity index is 297. The molecule has 0 bridgehead atoms. The maximum absolute atomic E-state index is 10.5. The lowest BCUT2D eigenvalue weighted by atomic mass is 10.1. The number of hydrogen-bond acceptors (Lipinski definition) is 2. The lowest BCUT2D eigenvalue weighted by Gasteiger charge is -1.95. The molecule has 1 aromatic rings. The smallest absolute Gasteiger partial charge is 0.307 e. The third kappa shape index (κ3) is 1.18. The summed E-state index contributed by atoms with van der Waals surface area (Å²) in [7, 11) is 0. The van der Waals surface area contributed by atoms with Crippen LogP contribution >= 0.6 is 0 Å². The highest BCUT2D eigenvalue weighted by molar-refractivity contribution is 5.75. The predicted octanol–water partition coefficient (Wildman–Crippen LogP) is 1.27. The maximum atomic E-state index is 10.5. The third-order valence-corrected chi connectivity index (χ3v) is 2.24. The van der Waals surface area contributed by atoms with Crippen LogP contribution in [-0.4, -0.2) is 16.1 Å². The molecule has 1 aromatic heterocycles. The first-order valence-electron chi connectivity index (χ1n) is 3.92. The molecule has 1 aliphatic carbocycles. The largest absolute Gasteiger partial charge is 0.481 e. The molecule has 2 rings (SSSR count). The minimum absolute atomic E-state index is 0.160. The fourth-order valence-electron chi connectivity index (χ4n) is 1.45. The van der Waals surface area contributed by atoms with Crippen LogP contribution in [0, 0.1) is 5.92 Å². The molecule has 0 aromatic carbocycles. The van der Waals surface area contributed by atoms with Gasteiger partial charge in [0.1, 0.15) is 0 Å². The van der Waals surface area contributed by atoms with E-state index in [9.17, 15) is 4.79 Å². The summed E-state index contributed by atoms with van der Waals surface area (Å²) >= 11 is 0. The van der Waals surface area contributed by atoms with E-state index in [-0.39, 0.29) is 11.8 Å². The van der Waals surface area contributed by atoms with Crippen molar-refractivity contribution in [3.05, 3.63) is 30.1 Å². The molecular formula is C9H9NO2. The predicted molar refractivity (Wildman–Crippen MR) is 42.7 cm³/mol. The molecule has 0 saturated heterocycles. The minimum Gasteiger partial charge on any atom is -0.481 e. The number of hydrogen-bond donors (Lipinski definition) is 1. The second-order valence-corrected chi connectivity index (χ2v) is 3.07. The molecule has 3 nitrogen and oxygen atoms in total. The van der Waals surface area contributed by atoms with Gasteiger partial charge < -0.3 is 5.11 Å². The van der Waals surface area contributed by atoms with Crippen LogP contribution in [0.3, 0.4) is 0 Å². The van der Waals surface area contributed by atoms with Gasteiger partial charge in [-0.05, 0) is 30.0 Å². The fourth-order valence-corrected chi connectivity index (χ4v) is 1.45. The topological polar surface area (TPSA) is 50.2 Å². The van der Waals surface area contributed by atoms with Crippen molar-refractivity contribution in [3.63, 3.8) is 0 Å². The van der Waals surface area contributed by atoms with Crippen molar-refractivity contribution in [1.29, 1.82) is 0 Å². The Morgan fingerprint density at radius 2 is 2.17 bits per heavy atom. The summed E-state index contributed by atoms with van der Waals surface area (Å²) in [4.78, 5) is 14.4. The SMILES string of the molecule is O=C(O)[C@@H]1C[C@H]1c1ccncc1. The zero-order valence-corrected chi connectivity index (χ0v) is 6.47. The molecule has 12 heavy (non-hydrogen) atoms. The first-order chi connectivity index (χ1) is 5.79. The van der Waals surface area contributed by atoms with Crippen molar-refractivity contribution in [3.8, 4) is 0 Å². The van der Waals surface area contributed by atoms with Gasteiger partial charge in [0.05, 0.1) is 5.92 Å². The average molecular weight is 163 g/mol. The summed E-state index contributed by atoms with van der Waals surface area (Å²) in [6.07, 6.45) is 4.18. The van der Waals surface area contributed by atoms with Crippen LogP contribution in [0.5, 0.6) is 0 Å². The van der Waals surface area contributed by atoms with E-state index < -0.39 is 5.97 Å². The molecule has 1 fully saturated rings. The first kappa shape index (κ1) is 7.28. The summed E-state index contributed by atoms with van der Waals surface area (Å²) in [6, 6.07) is 3.77. The Balaban J connectivity index is 2.11. The number of aromatic nitrogens is 1. The summed E-state index contributed by atoms with van der Waals surface area (Å²) in [5, 5.41) is 8.67. The van der Waals surface area contributed by atoms with Gasteiger partial charge in [-0.15, -0.1) is 0 Å².